The summed E-state index contributed by atoms with van der Waals surface area (Å²) in [4.78, 5) is 21.7. The maximum atomic E-state index is 10.6. The van der Waals surface area contributed by atoms with Crippen molar-refractivity contribution in [2.45, 2.75) is 56.7 Å². The molecule has 1 saturated heterocycles. The van der Waals surface area contributed by atoms with Crippen LogP contribution in [0.2, 0.25) is 0 Å². The largest absolute Gasteiger partial charge is 0.490 e. The third-order valence-electron chi connectivity index (χ3n) is 6.00. The number of thiophene rings is 1. The zero-order valence-electron chi connectivity index (χ0n) is 20.3. The van der Waals surface area contributed by atoms with E-state index in [1.165, 1.54) is 10.4 Å². The van der Waals surface area contributed by atoms with Gasteiger partial charge in [0.05, 0.1) is 0 Å². The molecule has 1 fully saturated rings. The lowest BCUT2D eigenvalue weighted by molar-refractivity contribution is -0.193. The van der Waals surface area contributed by atoms with Crippen LogP contribution in [0.25, 0.3) is 0 Å². The standard InChI is InChI=1S/C20H26N2OS.2C2HF3O2/c1-2-22-11-9-20(10-12-22)14-18(21-15-16-6-5-13-24-16)17-7-3-4-8-19(17)23-20;2*3-2(4,5)1(6)7/h3-8,13,18,21H,2,9-12,14-15H2,1H3;2*(H,6,7). The summed E-state index contributed by atoms with van der Waals surface area (Å²) in [5.74, 6) is -4.43. The van der Waals surface area contributed by atoms with E-state index in [-0.39, 0.29) is 5.60 Å². The van der Waals surface area contributed by atoms with Crippen LogP contribution < -0.4 is 10.1 Å². The molecule has 0 bridgehead atoms. The van der Waals surface area contributed by atoms with Gasteiger partial charge in [0.15, 0.2) is 0 Å². The highest BCUT2D eigenvalue weighted by Crippen LogP contribution is 2.44. The van der Waals surface area contributed by atoms with Gasteiger partial charge in [0.25, 0.3) is 0 Å². The minimum absolute atomic E-state index is 0.00708. The van der Waals surface area contributed by atoms with Gasteiger partial charge >= 0.3 is 24.3 Å². The Hall–Kier alpha value is -2.84. The van der Waals surface area contributed by atoms with E-state index in [2.05, 4.69) is 58.9 Å². The number of hydrogen-bond donors (Lipinski definition) is 3. The predicted octanol–water partition coefficient (Wildman–Crippen LogP) is 5.48. The van der Waals surface area contributed by atoms with Gasteiger partial charge in [0.2, 0.25) is 0 Å². The van der Waals surface area contributed by atoms with Gasteiger partial charge in [-0.2, -0.15) is 26.3 Å². The van der Waals surface area contributed by atoms with Crippen molar-refractivity contribution >= 4 is 23.3 Å². The Morgan fingerprint density at radius 2 is 1.58 bits per heavy atom. The summed E-state index contributed by atoms with van der Waals surface area (Å²) in [6.45, 7) is 6.63. The van der Waals surface area contributed by atoms with Crippen molar-refractivity contribution in [1.29, 1.82) is 0 Å². The molecule has 0 radical (unpaired) electrons. The fourth-order valence-corrected chi connectivity index (χ4v) is 4.68. The fraction of sp³-hybridized carbons (Fsp3) is 0.500. The van der Waals surface area contributed by atoms with Crippen molar-refractivity contribution in [1.82, 2.24) is 10.2 Å². The van der Waals surface area contributed by atoms with E-state index in [0.717, 1.165) is 51.2 Å². The number of piperidine rings is 1. The Labute approximate surface area is 219 Å². The van der Waals surface area contributed by atoms with Crippen molar-refractivity contribution in [2.24, 2.45) is 0 Å². The molecule has 2 aliphatic rings. The molecule has 2 aliphatic heterocycles. The Morgan fingerprint density at radius 3 is 2.05 bits per heavy atom. The lowest BCUT2D eigenvalue weighted by atomic mass is 9.80. The molecule has 1 atom stereocenters. The highest BCUT2D eigenvalue weighted by Gasteiger charge is 2.43. The molecular formula is C24H28F6N2O5S. The summed E-state index contributed by atoms with van der Waals surface area (Å²) >= 11 is 1.82. The fourth-order valence-electron chi connectivity index (χ4n) is 4.02. The van der Waals surface area contributed by atoms with Crippen LogP contribution in [0.1, 0.15) is 42.7 Å². The maximum Gasteiger partial charge on any atom is 0.490 e. The summed E-state index contributed by atoms with van der Waals surface area (Å²) in [7, 11) is 0. The molecule has 1 spiro atoms. The van der Waals surface area contributed by atoms with Crippen molar-refractivity contribution in [3.8, 4) is 5.75 Å². The molecule has 3 heterocycles. The van der Waals surface area contributed by atoms with E-state index < -0.39 is 24.3 Å². The van der Waals surface area contributed by atoms with Crippen LogP contribution in [0.3, 0.4) is 0 Å². The number of carboxylic acid groups (broad SMARTS) is 2. The van der Waals surface area contributed by atoms with E-state index in [1.54, 1.807) is 0 Å². The first-order chi connectivity index (χ1) is 17.7. The summed E-state index contributed by atoms with van der Waals surface area (Å²) in [5, 5.41) is 20.2. The number of aliphatic carboxylic acids is 2. The smallest absolute Gasteiger partial charge is 0.487 e. The number of nitrogens with one attached hydrogen (secondary N) is 1. The van der Waals surface area contributed by atoms with Crippen molar-refractivity contribution in [3.63, 3.8) is 0 Å². The Kier molecular flexibility index (Phi) is 11.0. The molecule has 1 unspecified atom stereocenters. The molecule has 1 aromatic heterocycles. The summed E-state index contributed by atoms with van der Waals surface area (Å²) in [6, 6.07) is 13.3. The zero-order valence-corrected chi connectivity index (χ0v) is 21.1. The highest BCUT2D eigenvalue weighted by molar-refractivity contribution is 7.09. The predicted molar refractivity (Wildman–Crippen MR) is 127 cm³/mol. The van der Waals surface area contributed by atoms with Gasteiger partial charge < -0.3 is 25.2 Å². The van der Waals surface area contributed by atoms with E-state index in [4.69, 9.17) is 24.5 Å². The molecule has 3 N–H and O–H groups in total. The molecule has 14 heteroatoms. The molecule has 2 aromatic rings. The average Bonchev–Trinajstić information content (AvgIpc) is 3.36. The van der Waals surface area contributed by atoms with Gasteiger partial charge in [-0.05, 0) is 36.9 Å². The maximum absolute atomic E-state index is 10.6. The number of likely N-dealkylation sites (tertiary alicyclic amines) is 1. The highest BCUT2D eigenvalue weighted by atomic mass is 32.1. The molecule has 0 amide bonds. The molecule has 0 aliphatic carbocycles. The normalized spacial score (nSPS) is 18.7. The van der Waals surface area contributed by atoms with Crippen LogP contribution >= 0.6 is 11.3 Å². The first kappa shape index (κ1) is 31.4. The van der Waals surface area contributed by atoms with Gasteiger partial charge in [0.1, 0.15) is 11.4 Å². The van der Waals surface area contributed by atoms with Crippen molar-refractivity contribution in [3.05, 3.63) is 52.2 Å². The Balaban J connectivity index is 0.000000301. The van der Waals surface area contributed by atoms with Crippen LogP contribution in [0.5, 0.6) is 5.75 Å². The number of alkyl halides is 6. The van der Waals surface area contributed by atoms with E-state index in [0.29, 0.717) is 6.04 Å². The molecular weight excluding hydrogens is 542 g/mol. The number of benzene rings is 1. The third kappa shape index (κ3) is 9.48. The number of para-hydroxylation sites is 1. The van der Waals surface area contributed by atoms with Gasteiger partial charge in [-0.3, -0.25) is 0 Å². The Morgan fingerprint density at radius 1 is 1.03 bits per heavy atom. The van der Waals surface area contributed by atoms with Gasteiger partial charge in [0, 0.05) is 42.5 Å². The van der Waals surface area contributed by atoms with Crippen LogP contribution in [0, 0.1) is 0 Å². The number of fused-ring (bicyclic) bond motifs is 1. The second-order valence-corrected chi connectivity index (χ2v) is 9.61. The minimum Gasteiger partial charge on any atom is -0.487 e. The quantitative estimate of drug-likeness (QED) is 0.419. The SMILES string of the molecule is CCN1CCC2(CC1)CC(NCc1cccs1)c1ccccc1O2.O=C(O)C(F)(F)F.O=C(O)C(F)(F)F. The summed E-state index contributed by atoms with van der Waals surface area (Å²) in [6.07, 6.45) is -6.83. The molecule has 38 heavy (non-hydrogen) atoms. The summed E-state index contributed by atoms with van der Waals surface area (Å²) in [5.41, 5.74) is 1.32. The lowest BCUT2D eigenvalue weighted by Gasteiger charge is -2.47. The topological polar surface area (TPSA) is 99.1 Å². The van der Waals surface area contributed by atoms with Crippen LogP contribution in [0.15, 0.2) is 41.8 Å². The lowest BCUT2D eigenvalue weighted by Crippen LogP contribution is -2.51. The van der Waals surface area contributed by atoms with Crippen LogP contribution in [-0.4, -0.2) is 64.6 Å². The number of nitrogens with zero attached hydrogens (tertiary/aromatic N) is 1. The van der Waals surface area contributed by atoms with Crippen molar-refractivity contribution < 1.29 is 50.9 Å². The van der Waals surface area contributed by atoms with E-state index in [1.807, 2.05) is 11.3 Å². The third-order valence-corrected chi connectivity index (χ3v) is 6.88. The zero-order chi connectivity index (χ0) is 28.6. The number of carbonyl (C=O) groups is 2. The van der Waals surface area contributed by atoms with E-state index in [9.17, 15) is 26.3 Å². The molecule has 212 valence electrons. The Bertz CT molecular complexity index is 1010. The average molecular weight is 571 g/mol. The van der Waals surface area contributed by atoms with E-state index >= 15 is 0 Å². The first-order valence-corrected chi connectivity index (χ1v) is 12.4. The second kappa shape index (κ2) is 13.3. The van der Waals surface area contributed by atoms with Crippen molar-refractivity contribution in [2.75, 3.05) is 19.6 Å². The molecule has 0 saturated carbocycles. The summed E-state index contributed by atoms with van der Waals surface area (Å²) < 4.78 is 70.0. The van der Waals surface area contributed by atoms with Gasteiger partial charge in [-0.15, -0.1) is 11.3 Å². The number of rotatable bonds is 4. The second-order valence-electron chi connectivity index (χ2n) is 8.58. The monoisotopic (exact) mass is 570 g/mol. The minimum atomic E-state index is -5.08. The number of ether oxygens (including phenoxy) is 1. The molecule has 7 nitrogen and oxygen atoms in total. The van der Waals surface area contributed by atoms with Crippen LogP contribution in [-0.2, 0) is 16.1 Å². The number of carboxylic acids is 2. The van der Waals surface area contributed by atoms with Gasteiger partial charge in [-0.25, -0.2) is 9.59 Å². The van der Waals surface area contributed by atoms with Gasteiger partial charge in [-0.1, -0.05) is 31.2 Å². The molecule has 4 rings (SSSR count). The van der Waals surface area contributed by atoms with Crippen LogP contribution in [0.4, 0.5) is 26.3 Å². The number of halogens is 6. The first-order valence-electron chi connectivity index (χ1n) is 11.5. The number of hydrogen-bond acceptors (Lipinski definition) is 6. The molecule has 1 aromatic carbocycles.